The second kappa shape index (κ2) is 4.87. The van der Waals surface area contributed by atoms with Crippen LogP contribution in [-0.2, 0) is 4.79 Å². The van der Waals surface area contributed by atoms with Gasteiger partial charge in [0.15, 0.2) is 0 Å². The van der Waals surface area contributed by atoms with E-state index in [1.807, 2.05) is 0 Å². The minimum atomic E-state index is -0.326. The molecule has 5 heteroatoms. The fraction of sp³-hybridized carbons (Fsp3) is 0.800. The Balaban J connectivity index is 3.39. The highest BCUT2D eigenvalue weighted by atomic mass is 32.1. The molecular weight excluding hydrogens is 168 g/mol. The Hall–Kier alpha value is 0.130. The average molecular weight is 180 g/mol. The van der Waals surface area contributed by atoms with Crippen molar-refractivity contribution in [1.82, 2.24) is 0 Å². The van der Waals surface area contributed by atoms with Gasteiger partial charge in [0.2, 0.25) is 5.91 Å². The van der Waals surface area contributed by atoms with E-state index in [0.29, 0.717) is 12.8 Å². The lowest BCUT2D eigenvalue weighted by Crippen LogP contribution is -2.26. The molecular formula is C5H12N2OS2. The van der Waals surface area contributed by atoms with Crippen molar-refractivity contribution in [2.45, 2.75) is 23.5 Å². The number of carbonyl (C=O) groups excluding carboxylic acids is 1. The van der Waals surface area contributed by atoms with Gasteiger partial charge in [-0.3, -0.25) is 4.79 Å². The monoisotopic (exact) mass is 180 g/mol. The first kappa shape index (κ1) is 10.1. The minimum absolute atomic E-state index is 0.0594. The summed E-state index contributed by atoms with van der Waals surface area (Å²) in [6, 6.07) is 0. The number of carbonyl (C=O) groups is 1. The summed E-state index contributed by atoms with van der Waals surface area (Å²) in [5.41, 5.74) is 10.3. The van der Waals surface area contributed by atoms with Gasteiger partial charge in [-0.2, -0.15) is 25.3 Å². The number of rotatable bonds is 4. The first-order valence-corrected chi connectivity index (χ1v) is 3.97. The topological polar surface area (TPSA) is 69.1 Å². The van der Waals surface area contributed by atoms with Gasteiger partial charge in [-0.15, -0.1) is 0 Å². The van der Waals surface area contributed by atoms with Crippen molar-refractivity contribution in [3.63, 3.8) is 0 Å². The van der Waals surface area contributed by atoms with E-state index in [2.05, 4.69) is 25.3 Å². The van der Waals surface area contributed by atoms with Crippen LogP contribution in [0.15, 0.2) is 0 Å². The van der Waals surface area contributed by atoms with Crippen LogP contribution >= 0.6 is 25.3 Å². The first-order chi connectivity index (χ1) is 4.54. The molecule has 3 nitrogen and oxygen atoms in total. The largest absolute Gasteiger partial charge is 0.370 e. The van der Waals surface area contributed by atoms with Crippen LogP contribution in [-0.4, -0.2) is 16.5 Å². The maximum atomic E-state index is 10.2. The summed E-state index contributed by atoms with van der Waals surface area (Å²) in [7, 11) is 0. The van der Waals surface area contributed by atoms with Gasteiger partial charge in [-0.25, -0.2) is 0 Å². The standard InChI is InChI=1S/C5H12N2OS2/c6-4(8)2-1-3(9)5(7)10/h3,5,9-10H,1-2,7H2,(H2,6,8). The quantitative estimate of drug-likeness (QED) is 0.356. The Morgan fingerprint density at radius 1 is 1.50 bits per heavy atom. The van der Waals surface area contributed by atoms with Gasteiger partial charge in [0.25, 0.3) is 0 Å². The molecule has 0 radical (unpaired) electrons. The van der Waals surface area contributed by atoms with Crippen molar-refractivity contribution in [1.29, 1.82) is 0 Å². The normalized spacial score (nSPS) is 16.3. The fourth-order valence-electron chi connectivity index (χ4n) is 0.461. The van der Waals surface area contributed by atoms with E-state index < -0.39 is 0 Å². The van der Waals surface area contributed by atoms with Gasteiger partial charge >= 0.3 is 0 Å². The van der Waals surface area contributed by atoms with Gasteiger partial charge in [0.05, 0.1) is 5.37 Å². The van der Waals surface area contributed by atoms with E-state index in [1.54, 1.807) is 0 Å². The van der Waals surface area contributed by atoms with Crippen LogP contribution in [0.4, 0.5) is 0 Å². The molecule has 0 aromatic carbocycles. The van der Waals surface area contributed by atoms with Gasteiger partial charge in [-0.1, -0.05) is 0 Å². The number of amides is 1. The molecule has 0 aliphatic heterocycles. The lowest BCUT2D eigenvalue weighted by molar-refractivity contribution is -0.118. The summed E-state index contributed by atoms with van der Waals surface area (Å²) < 4.78 is 0. The highest BCUT2D eigenvalue weighted by Crippen LogP contribution is 2.09. The number of nitrogens with two attached hydrogens (primary N) is 2. The molecule has 0 spiro atoms. The van der Waals surface area contributed by atoms with Crippen LogP contribution in [0, 0.1) is 0 Å². The van der Waals surface area contributed by atoms with E-state index in [9.17, 15) is 4.79 Å². The third-order valence-corrected chi connectivity index (χ3v) is 2.26. The number of hydrogen-bond acceptors (Lipinski definition) is 4. The molecule has 0 saturated heterocycles. The SMILES string of the molecule is NC(=O)CCC(S)C(N)S. The zero-order chi connectivity index (χ0) is 8.15. The van der Waals surface area contributed by atoms with Crippen molar-refractivity contribution in [3.8, 4) is 0 Å². The summed E-state index contributed by atoms with van der Waals surface area (Å²) in [6.07, 6.45) is 0.908. The Morgan fingerprint density at radius 3 is 2.30 bits per heavy atom. The second-order valence-corrected chi connectivity index (χ2v) is 3.32. The molecule has 60 valence electrons. The summed E-state index contributed by atoms with van der Waals surface area (Å²) in [4.78, 5) is 10.2. The number of hydrogen-bond donors (Lipinski definition) is 4. The molecule has 0 rings (SSSR count). The van der Waals surface area contributed by atoms with E-state index in [0.717, 1.165) is 0 Å². The second-order valence-electron chi connectivity index (χ2n) is 2.06. The van der Waals surface area contributed by atoms with Gasteiger partial charge < -0.3 is 11.5 Å². The predicted molar refractivity (Wildman–Crippen MR) is 48.2 cm³/mol. The van der Waals surface area contributed by atoms with Crippen molar-refractivity contribution < 1.29 is 4.79 Å². The van der Waals surface area contributed by atoms with E-state index in [4.69, 9.17) is 11.5 Å². The fourth-order valence-corrected chi connectivity index (χ4v) is 0.739. The van der Waals surface area contributed by atoms with Crippen LogP contribution < -0.4 is 11.5 Å². The van der Waals surface area contributed by atoms with Gasteiger partial charge in [0, 0.05) is 11.7 Å². The van der Waals surface area contributed by atoms with E-state index >= 15 is 0 Å². The Labute approximate surface area is 71.4 Å². The minimum Gasteiger partial charge on any atom is -0.370 e. The van der Waals surface area contributed by atoms with Gasteiger partial charge in [0.1, 0.15) is 0 Å². The molecule has 0 aromatic heterocycles. The average Bonchev–Trinajstić information content (AvgIpc) is 1.82. The summed E-state index contributed by atoms with van der Waals surface area (Å²) in [5, 5.41) is -0.349. The molecule has 0 aliphatic rings. The molecule has 0 fully saturated rings. The molecule has 2 unspecified atom stereocenters. The third-order valence-electron chi connectivity index (χ3n) is 1.08. The van der Waals surface area contributed by atoms with Crippen LogP contribution in [0.3, 0.4) is 0 Å². The Morgan fingerprint density at radius 2 is 2.00 bits per heavy atom. The highest BCUT2D eigenvalue weighted by Gasteiger charge is 2.09. The van der Waals surface area contributed by atoms with Crippen molar-refractivity contribution in [2.75, 3.05) is 0 Å². The zero-order valence-corrected chi connectivity index (χ0v) is 7.32. The first-order valence-electron chi connectivity index (χ1n) is 2.94. The van der Waals surface area contributed by atoms with Crippen LogP contribution in [0.1, 0.15) is 12.8 Å². The Bertz CT molecular complexity index is 118. The molecule has 0 saturated carbocycles. The van der Waals surface area contributed by atoms with Crippen LogP contribution in [0.25, 0.3) is 0 Å². The lowest BCUT2D eigenvalue weighted by Gasteiger charge is -2.11. The van der Waals surface area contributed by atoms with Crippen molar-refractivity contribution >= 4 is 31.2 Å². The smallest absolute Gasteiger partial charge is 0.217 e. The zero-order valence-electron chi connectivity index (χ0n) is 5.53. The lowest BCUT2D eigenvalue weighted by atomic mass is 10.2. The maximum absolute atomic E-state index is 10.2. The molecule has 0 aliphatic carbocycles. The predicted octanol–water partition coefficient (Wildman–Crippen LogP) is -0.235. The molecule has 4 N–H and O–H groups in total. The molecule has 0 aromatic rings. The number of thiol groups is 2. The van der Waals surface area contributed by atoms with Crippen LogP contribution in [0.5, 0.6) is 0 Å². The highest BCUT2D eigenvalue weighted by molar-refractivity contribution is 7.85. The molecule has 1 amide bonds. The third kappa shape index (κ3) is 4.96. The summed E-state index contributed by atoms with van der Waals surface area (Å²) in [6.45, 7) is 0. The van der Waals surface area contributed by atoms with Crippen molar-refractivity contribution in [3.05, 3.63) is 0 Å². The Kier molecular flexibility index (Phi) is 4.93. The number of primary amides is 1. The molecule has 0 bridgehead atoms. The molecule has 2 atom stereocenters. The summed E-state index contributed by atoms with van der Waals surface area (Å²) in [5.74, 6) is -0.326. The van der Waals surface area contributed by atoms with Crippen LogP contribution in [0.2, 0.25) is 0 Å². The van der Waals surface area contributed by atoms with Gasteiger partial charge in [-0.05, 0) is 6.42 Å². The molecule has 0 heterocycles. The molecule has 10 heavy (non-hydrogen) atoms. The van der Waals surface area contributed by atoms with E-state index in [1.165, 1.54) is 0 Å². The van der Waals surface area contributed by atoms with Crippen molar-refractivity contribution in [2.24, 2.45) is 11.5 Å². The summed E-state index contributed by atoms with van der Waals surface area (Å²) >= 11 is 8.04. The van der Waals surface area contributed by atoms with E-state index in [-0.39, 0.29) is 16.5 Å². The maximum Gasteiger partial charge on any atom is 0.217 e.